The van der Waals surface area contributed by atoms with Crippen LogP contribution in [-0.4, -0.2) is 33.3 Å². The molecule has 27 heavy (non-hydrogen) atoms. The Labute approximate surface area is 172 Å². The lowest BCUT2D eigenvalue weighted by Crippen LogP contribution is -2.32. The summed E-state index contributed by atoms with van der Waals surface area (Å²) in [5.41, 5.74) is 0. The van der Waals surface area contributed by atoms with Gasteiger partial charge in [0.05, 0.1) is 14.8 Å². The summed E-state index contributed by atoms with van der Waals surface area (Å²) in [6.07, 6.45) is 8.71. The monoisotopic (exact) mass is 432 g/mol. The molecule has 4 unspecified atom stereocenters. The Balaban J connectivity index is 2.93. The van der Waals surface area contributed by atoms with Crippen molar-refractivity contribution in [1.82, 2.24) is 0 Å². The number of hydrogen-bond donors (Lipinski definition) is 1. The van der Waals surface area contributed by atoms with Gasteiger partial charge in [0.1, 0.15) is 6.10 Å². The Kier molecular flexibility index (Phi) is 10.3. The van der Waals surface area contributed by atoms with Crippen LogP contribution in [0.4, 0.5) is 8.78 Å². The fourth-order valence-electron chi connectivity index (χ4n) is 3.90. The van der Waals surface area contributed by atoms with Gasteiger partial charge in [-0.05, 0) is 18.8 Å². The Bertz CT molecular complexity index is 479. The first kappa shape index (κ1) is 20.6. The highest BCUT2D eigenvalue weighted by molar-refractivity contribution is 7.10. The minimum absolute atomic E-state index is 0.0534. The molecule has 0 aliphatic heterocycles. The highest BCUT2D eigenvalue weighted by atomic mass is 31.0. The number of hydrogen-bond acceptors (Lipinski definition) is 3. The molecule has 0 aromatic rings. The number of rotatable bonds is 17. The molecule has 1 aliphatic carbocycles. The molecule has 0 heterocycles. The third kappa shape index (κ3) is 8.31. The zero-order valence-electron chi connectivity index (χ0n) is 19.6. The van der Waals surface area contributed by atoms with E-state index in [0.29, 0.717) is 19.3 Å². The summed E-state index contributed by atoms with van der Waals surface area (Å²) in [6.45, 7) is 4.02. The number of alkyl halides is 2. The van der Waals surface area contributed by atoms with E-state index in [-0.39, 0.29) is 30.5 Å². The second-order valence-electron chi connectivity index (χ2n) is 7.66. The van der Waals surface area contributed by atoms with Crippen LogP contribution in [0.5, 0.6) is 0 Å². The van der Waals surface area contributed by atoms with Crippen molar-refractivity contribution < 1.29 is 22.9 Å². The van der Waals surface area contributed by atoms with Crippen LogP contribution in [0.15, 0.2) is 12.2 Å². The maximum Gasteiger partial charge on any atom is 0.276 e. The van der Waals surface area contributed by atoms with Gasteiger partial charge >= 0.3 is 0 Å². The number of aliphatic hydroxyl groups excluding tert-OH is 1. The van der Waals surface area contributed by atoms with Gasteiger partial charge in [-0.3, -0.25) is 0 Å². The average molecular weight is 432 g/mol. The first-order valence-electron chi connectivity index (χ1n) is 11.7. The third-order valence-electron chi connectivity index (χ3n) is 5.60. The van der Waals surface area contributed by atoms with Gasteiger partial charge in [0.2, 0.25) is 1.43 Å². The zero-order valence-corrected chi connectivity index (χ0v) is 18.6. The molecule has 7 atom stereocenters. The quantitative estimate of drug-likeness (QED) is 0.172. The topological polar surface area (TPSA) is 38.7 Å². The second-order valence-corrected chi connectivity index (χ2v) is 8.13. The van der Waals surface area contributed by atoms with Crippen LogP contribution in [-0.2, 0) is 9.05 Å². The molecule has 0 spiro atoms. The fraction of sp³-hybridized carbons (Fsp3) is 0.900. The van der Waals surface area contributed by atoms with Crippen molar-refractivity contribution in [2.75, 3.05) is 0 Å². The van der Waals surface area contributed by atoms with Crippen LogP contribution in [0.25, 0.3) is 0 Å². The molecule has 1 aliphatic rings. The van der Waals surface area contributed by atoms with Crippen molar-refractivity contribution in [3.63, 3.8) is 0 Å². The Hall–Kier alpha value is 0.340. The van der Waals surface area contributed by atoms with Crippen molar-refractivity contribution in [2.45, 2.75) is 102 Å². The minimum atomic E-state index is -3.10. The molecule has 7 heteroatoms. The second kappa shape index (κ2) is 13.5. The molecule has 1 saturated carbocycles. The van der Waals surface area contributed by atoms with E-state index in [1.165, 1.54) is 25.3 Å². The van der Waals surface area contributed by atoms with Gasteiger partial charge in [0.25, 0.3) is 5.92 Å². The van der Waals surface area contributed by atoms with Crippen LogP contribution >= 0.6 is 18.8 Å². The molecule has 0 saturated heterocycles. The van der Waals surface area contributed by atoms with Gasteiger partial charge in [0.15, 0.2) is 0 Å². The first-order chi connectivity index (χ1) is 14.4. The Morgan fingerprint density at radius 3 is 2.52 bits per heavy atom. The Morgan fingerprint density at radius 2 is 1.85 bits per heavy atom. The molecular formula is C20H38F2O3P2. The lowest BCUT2D eigenvalue weighted by Gasteiger charge is -2.25. The third-order valence-corrected chi connectivity index (χ3v) is 6.20. The number of halogens is 2. The standard InChI is InChI=1S/C20H38F2O3P2/c1-3-5-7-8-9-10-15-16(18(25-27)14-17(15)24-26)11-12-19(23)20(21,22)13-6-4-2/h11-12,15-19,23H,3-10,13-14,26-27H2,1-2H3/b12-11+/t15?,16-,17+,18-,19?/m1/s1/i23T,26T,27T/t15?,16-,17+,18-,19?,26?,27?. The lowest BCUT2D eigenvalue weighted by molar-refractivity contribution is -0.0931. The summed E-state index contributed by atoms with van der Waals surface area (Å²) >= 11 is 0. The summed E-state index contributed by atoms with van der Waals surface area (Å²) in [4.78, 5) is 0. The van der Waals surface area contributed by atoms with Crippen molar-refractivity contribution in [3.05, 3.63) is 12.2 Å². The van der Waals surface area contributed by atoms with Gasteiger partial charge in [-0.2, -0.15) is 0 Å². The highest BCUT2D eigenvalue weighted by Gasteiger charge is 2.43. The molecule has 1 fully saturated rings. The number of unbranched alkanes of at least 4 members (excludes halogenated alkanes) is 5. The van der Waals surface area contributed by atoms with Crippen molar-refractivity contribution in [1.29, 1.82) is 3.99 Å². The van der Waals surface area contributed by atoms with E-state index in [9.17, 15) is 8.78 Å². The van der Waals surface area contributed by atoms with Crippen LogP contribution < -0.4 is 0 Å². The molecule has 0 aromatic carbocycles. The summed E-state index contributed by atoms with van der Waals surface area (Å²) in [6, 6.07) is 0. The summed E-state index contributed by atoms with van der Waals surface area (Å²) in [7, 11) is -0.847. The van der Waals surface area contributed by atoms with Crippen molar-refractivity contribution in [3.8, 4) is 0 Å². The van der Waals surface area contributed by atoms with E-state index >= 15 is 0 Å². The summed E-state index contributed by atoms with van der Waals surface area (Å²) in [5.74, 6) is -3.23. The average Bonchev–Trinajstić information content (AvgIpc) is 3.03. The largest absolute Gasteiger partial charge is 0.383 e. The van der Waals surface area contributed by atoms with Crippen LogP contribution in [0.3, 0.4) is 0 Å². The summed E-state index contributed by atoms with van der Waals surface area (Å²) < 4.78 is 62.2. The molecule has 0 amide bonds. The molecule has 160 valence electrons. The zero-order chi connectivity index (χ0) is 22.4. The SMILES string of the molecule is [3H]OC(/C=C/[C@@H]1C(CCCCCCC)[C@@H](OP[3H])C[C@H]1OP[3H])C(F)(F)CCCC. The van der Waals surface area contributed by atoms with Gasteiger partial charge in [0, 0.05) is 37.6 Å². The van der Waals surface area contributed by atoms with Crippen molar-refractivity contribution >= 4 is 18.8 Å². The smallest absolute Gasteiger partial charge is 0.276 e. The van der Waals surface area contributed by atoms with E-state index < -0.39 is 30.9 Å². The fourth-order valence-corrected chi connectivity index (χ4v) is 4.42. The van der Waals surface area contributed by atoms with Crippen LogP contribution in [0.2, 0.25) is 0 Å². The first-order valence-corrected chi connectivity index (χ1v) is 11.1. The molecular weight excluding hydrogens is 388 g/mol. The lowest BCUT2D eigenvalue weighted by atomic mass is 9.87. The molecule has 0 radical (unpaired) electrons. The van der Waals surface area contributed by atoms with Gasteiger partial charge < -0.3 is 14.2 Å². The predicted molar refractivity (Wildman–Crippen MR) is 114 cm³/mol. The van der Waals surface area contributed by atoms with E-state index in [0.717, 1.165) is 19.3 Å². The predicted octanol–water partition coefficient (Wildman–Crippen LogP) is 6.08. The van der Waals surface area contributed by atoms with E-state index in [4.69, 9.17) is 13.0 Å². The highest BCUT2D eigenvalue weighted by Crippen LogP contribution is 2.42. The van der Waals surface area contributed by atoms with Gasteiger partial charge in [-0.25, -0.2) is 8.78 Å². The molecule has 3 nitrogen and oxygen atoms in total. The van der Waals surface area contributed by atoms with Gasteiger partial charge in [-0.1, -0.05) is 64.5 Å². The minimum Gasteiger partial charge on any atom is -0.383 e. The summed E-state index contributed by atoms with van der Waals surface area (Å²) in [5, 5.41) is 4.38. The van der Waals surface area contributed by atoms with E-state index in [1.807, 2.05) is 6.92 Å². The molecule has 1 N–H and O–H groups in total. The molecule has 0 bridgehead atoms. The normalized spacial score (nSPS) is 29.9. The maximum absolute atomic E-state index is 14.4. The van der Waals surface area contributed by atoms with Gasteiger partial charge in [-0.15, -0.1) is 0 Å². The van der Waals surface area contributed by atoms with E-state index in [1.54, 1.807) is 6.08 Å². The van der Waals surface area contributed by atoms with Crippen LogP contribution in [0.1, 0.15) is 78.1 Å². The molecule has 1 rings (SSSR count). The van der Waals surface area contributed by atoms with Crippen molar-refractivity contribution in [2.24, 2.45) is 11.8 Å². The van der Waals surface area contributed by atoms with Crippen LogP contribution in [0, 0.1) is 11.8 Å². The Morgan fingerprint density at radius 1 is 1.15 bits per heavy atom. The molecule has 0 aromatic heterocycles. The maximum atomic E-state index is 14.4. The number of aliphatic hydroxyl groups is 1. The van der Waals surface area contributed by atoms with E-state index in [2.05, 4.69) is 12.0 Å².